The van der Waals surface area contributed by atoms with Gasteiger partial charge in [0.1, 0.15) is 5.82 Å². The van der Waals surface area contributed by atoms with Crippen molar-refractivity contribution in [1.82, 2.24) is 5.32 Å². The van der Waals surface area contributed by atoms with Gasteiger partial charge in [-0.3, -0.25) is 10.1 Å². The van der Waals surface area contributed by atoms with Gasteiger partial charge < -0.3 is 4.90 Å². The number of piperidine rings is 1. The first-order valence-corrected chi connectivity index (χ1v) is 7.99. The molecule has 1 aliphatic heterocycles. The molecule has 7 heteroatoms. The molecule has 2 rings (SSSR count). The zero-order valence-electron chi connectivity index (χ0n) is 11.3. The molecule has 0 saturated carbocycles. The van der Waals surface area contributed by atoms with Crippen LogP contribution >= 0.6 is 34.8 Å². The second-order valence-electron chi connectivity index (χ2n) is 5.17. The van der Waals surface area contributed by atoms with Gasteiger partial charge in [-0.25, -0.2) is 4.39 Å². The van der Waals surface area contributed by atoms with Crippen molar-refractivity contribution in [3.63, 3.8) is 0 Å². The van der Waals surface area contributed by atoms with E-state index in [0.717, 1.165) is 37.3 Å². The van der Waals surface area contributed by atoms with Gasteiger partial charge in [-0.2, -0.15) is 0 Å². The molecule has 0 aromatic heterocycles. The SMILES string of the molecule is O=C(N[C@H]([NH+]1CCCCC1)C(Cl)(Cl)Cl)c1ccc(F)cc1. The van der Waals surface area contributed by atoms with Gasteiger partial charge in [0.2, 0.25) is 6.17 Å². The van der Waals surface area contributed by atoms with E-state index in [1.807, 2.05) is 0 Å². The van der Waals surface area contributed by atoms with E-state index in [0.29, 0.717) is 5.56 Å². The molecule has 1 aromatic rings. The number of rotatable bonds is 3. The standard InChI is InChI=1S/C14H16Cl3FN2O/c15-14(16,17)13(20-8-2-1-3-9-20)19-12(21)10-4-6-11(18)7-5-10/h4-7,13H,1-3,8-9H2,(H,19,21)/p+1/t13-/m1/s1. The summed E-state index contributed by atoms with van der Waals surface area (Å²) >= 11 is 18.1. The lowest BCUT2D eigenvalue weighted by molar-refractivity contribution is -0.931. The van der Waals surface area contributed by atoms with Crippen LogP contribution < -0.4 is 10.2 Å². The molecule has 1 atom stereocenters. The largest absolute Gasteiger partial charge is 0.312 e. The van der Waals surface area contributed by atoms with E-state index in [2.05, 4.69) is 5.32 Å². The first-order chi connectivity index (χ1) is 9.88. The number of nitrogens with one attached hydrogen (secondary N) is 2. The third-order valence-electron chi connectivity index (χ3n) is 3.61. The molecule has 1 fully saturated rings. The fourth-order valence-electron chi connectivity index (χ4n) is 2.53. The highest BCUT2D eigenvalue weighted by Gasteiger charge is 2.42. The summed E-state index contributed by atoms with van der Waals surface area (Å²) in [5, 5.41) is 2.77. The molecule has 1 aromatic carbocycles. The highest BCUT2D eigenvalue weighted by atomic mass is 35.6. The van der Waals surface area contributed by atoms with Crippen LogP contribution in [0, 0.1) is 5.82 Å². The van der Waals surface area contributed by atoms with E-state index in [-0.39, 0.29) is 5.91 Å². The van der Waals surface area contributed by atoms with E-state index in [4.69, 9.17) is 34.8 Å². The number of carbonyl (C=O) groups excluding carboxylic acids is 1. The Hall–Kier alpha value is -0.550. The van der Waals surface area contributed by atoms with Crippen LogP contribution in [0.2, 0.25) is 0 Å². The summed E-state index contributed by atoms with van der Waals surface area (Å²) in [6.07, 6.45) is 2.61. The molecule has 116 valence electrons. The summed E-state index contributed by atoms with van der Waals surface area (Å²) in [5.41, 5.74) is 0.340. The van der Waals surface area contributed by atoms with Crippen LogP contribution in [0.25, 0.3) is 0 Å². The van der Waals surface area contributed by atoms with Gasteiger partial charge in [-0.05, 0) is 43.5 Å². The number of quaternary nitrogens is 1. The van der Waals surface area contributed by atoms with E-state index >= 15 is 0 Å². The van der Waals surface area contributed by atoms with Gasteiger partial charge in [0.25, 0.3) is 9.70 Å². The summed E-state index contributed by atoms with van der Waals surface area (Å²) in [4.78, 5) is 13.3. The molecule has 1 aliphatic rings. The molecule has 3 nitrogen and oxygen atoms in total. The van der Waals surface area contributed by atoms with E-state index in [9.17, 15) is 9.18 Å². The predicted octanol–water partition coefficient (Wildman–Crippen LogP) is 2.32. The number of likely N-dealkylation sites (tertiary alicyclic amines) is 1. The summed E-state index contributed by atoms with van der Waals surface area (Å²) in [7, 11) is 0. The van der Waals surface area contributed by atoms with Crippen LogP contribution in [0.15, 0.2) is 24.3 Å². The number of benzene rings is 1. The fourth-order valence-corrected chi connectivity index (χ4v) is 3.15. The minimum atomic E-state index is -1.59. The van der Waals surface area contributed by atoms with Crippen molar-refractivity contribution >= 4 is 40.7 Å². The Morgan fingerprint density at radius 2 is 1.71 bits per heavy atom. The van der Waals surface area contributed by atoms with Crippen LogP contribution in [0.1, 0.15) is 29.6 Å². The first-order valence-electron chi connectivity index (χ1n) is 6.85. The van der Waals surface area contributed by atoms with Crippen molar-refractivity contribution < 1.29 is 14.1 Å². The Bertz CT molecular complexity index is 484. The van der Waals surface area contributed by atoms with Crippen molar-refractivity contribution in [3.8, 4) is 0 Å². The minimum absolute atomic E-state index is 0.340. The van der Waals surface area contributed by atoms with Crippen LogP contribution in [0.3, 0.4) is 0 Å². The molecule has 2 N–H and O–H groups in total. The van der Waals surface area contributed by atoms with Gasteiger partial charge in [-0.15, -0.1) is 0 Å². The zero-order chi connectivity index (χ0) is 15.5. The maximum atomic E-state index is 12.9. The van der Waals surface area contributed by atoms with Crippen molar-refractivity contribution in [2.45, 2.75) is 29.2 Å². The lowest BCUT2D eigenvalue weighted by Gasteiger charge is -2.35. The molecule has 21 heavy (non-hydrogen) atoms. The number of carbonyl (C=O) groups is 1. The second kappa shape index (κ2) is 7.14. The van der Waals surface area contributed by atoms with Gasteiger partial charge >= 0.3 is 0 Å². The molecule has 1 saturated heterocycles. The topological polar surface area (TPSA) is 33.5 Å². The third-order valence-corrected chi connectivity index (χ3v) is 4.27. The normalized spacial score (nSPS) is 18.3. The Balaban J connectivity index is 2.10. The molecule has 1 amide bonds. The highest BCUT2D eigenvalue weighted by Crippen LogP contribution is 2.28. The number of hydrogen-bond acceptors (Lipinski definition) is 1. The van der Waals surface area contributed by atoms with Crippen molar-refractivity contribution in [2.24, 2.45) is 0 Å². The van der Waals surface area contributed by atoms with Crippen LogP contribution in [-0.2, 0) is 0 Å². The van der Waals surface area contributed by atoms with E-state index < -0.39 is 15.8 Å². The first kappa shape index (κ1) is 16.8. The summed E-state index contributed by atoms with van der Waals surface area (Å²) < 4.78 is 11.3. The molecule has 0 radical (unpaired) electrons. The second-order valence-corrected chi connectivity index (χ2v) is 7.54. The third kappa shape index (κ3) is 4.71. The molecule has 0 spiro atoms. The fraction of sp³-hybridized carbons (Fsp3) is 0.500. The number of alkyl halides is 3. The van der Waals surface area contributed by atoms with Gasteiger partial charge in [0, 0.05) is 5.56 Å². The van der Waals surface area contributed by atoms with Crippen molar-refractivity contribution in [2.75, 3.05) is 13.1 Å². The smallest absolute Gasteiger partial charge is 0.262 e. The van der Waals surface area contributed by atoms with Gasteiger partial charge in [-0.1, -0.05) is 34.8 Å². The van der Waals surface area contributed by atoms with Crippen LogP contribution in [0.5, 0.6) is 0 Å². The molecular formula is C14H17Cl3FN2O+. The van der Waals surface area contributed by atoms with Crippen LogP contribution in [-0.4, -0.2) is 29.0 Å². The Kier molecular flexibility index (Phi) is 5.72. The predicted molar refractivity (Wildman–Crippen MR) is 82.5 cm³/mol. The lowest BCUT2D eigenvalue weighted by Crippen LogP contribution is -3.20. The number of amides is 1. The van der Waals surface area contributed by atoms with Crippen molar-refractivity contribution in [3.05, 3.63) is 35.6 Å². The van der Waals surface area contributed by atoms with E-state index in [1.54, 1.807) is 0 Å². The van der Waals surface area contributed by atoms with Crippen LogP contribution in [0.4, 0.5) is 4.39 Å². The number of halogens is 4. The van der Waals surface area contributed by atoms with Crippen molar-refractivity contribution in [1.29, 1.82) is 0 Å². The van der Waals surface area contributed by atoms with Gasteiger partial charge in [0.05, 0.1) is 13.1 Å². The summed E-state index contributed by atoms with van der Waals surface area (Å²) in [6.45, 7) is 1.70. The summed E-state index contributed by atoms with van der Waals surface area (Å²) in [5.74, 6) is -0.768. The maximum absolute atomic E-state index is 12.9. The Morgan fingerprint density at radius 3 is 2.24 bits per heavy atom. The monoisotopic (exact) mass is 353 g/mol. The minimum Gasteiger partial charge on any atom is -0.312 e. The average molecular weight is 355 g/mol. The van der Waals surface area contributed by atoms with E-state index in [1.165, 1.54) is 24.3 Å². The lowest BCUT2D eigenvalue weighted by atomic mass is 10.1. The highest BCUT2D eigenvalue weighted by molar-refractivity contribution is 6.68. The zero-order valence-corrected chi connectivity index (χ0v) is 13.6. The Labute approximate surface area is 138 Å². The average Bonchev–Trinajstić information content (AvgIpc) is 2.45. The maximum Gasteiger partial charge on any atom is 0.262 e. The molecule has 0 unspecified atom stereocenters. The van der Waals surface area contributed by atoms with Gasteiger partial charge in [0.15, 0.2) is 0 Å². The number of hydrogen-bond donors (Lipinski definition) is 2. The molecule has 1 heterocycles. The molecule has 0 bridgehead atoms. The Morgan fingerprint density at radius 1 is 1.14 bits per heavy atom. The quantitative estimate of drug-likeness (QED) is 0.803. The summed E-state index contributed by atoms with van der Waals surface area (Å²) in [6, 6.07) is 5.28. The molecule has 0 aliphatic carbocycles. The molecular weight excluding hydrogens is 338 g/mol.